The van der Waals surface area contributed by atoms with E-state index in [-0.39, 0.29) is 11.9 Å². The average Bonchev–Trinajstić information content (AvgIpc) is 3.37. The Kier molecular flexibility index (Phi) is 5.21. The summed E-state index contributed by atoms with van der Waals surface area (Å²) in [5.74, 6) is 0.833. The van der Waals surface area contributed by atoms with Crippen LogP contribution in [-0.4, -0.2) is 22.2 Å². The maximum atomic E-state index is 12.5. The number of fused-ring (bicyclic) bond motifs is 1. The molecule has 0 unspecified atom stereocenters. The Morgan fingerprint density at radius 3 is 2.81 bits per heavy atom. The van der Waals surface area contributed by atoms with Gasteiger partial charge in [-0.05, 0) is 30.5 Å². The number of anilines is 1. The molecule has 0 bridgehead atoms. The number of quaternary nitrogens is 1. The number of hydrogen-bond donors (Lipinski definition) is 2. The Bertz CT molecular complexity index is 921. The zero-order chi connectivity index (χ0) is 18.6. The Morgan fingerprint density at radius 2 is 1.96 bits per heavy atom. The van der Waals surface area contributed by atoms with Crippen LogP contribution in [0.5, 0.6) is 0 Å². The molecule has 5 heteroatoms. The van der Waals surface area contributed by atoms with Gasteiger partial charge in [0.05, 0.1) is 12.2 Å². The summed E-state index contributed by atoms with van der Waals surface area (Å²) in [5, 5.41) is 12.0. The van der Waals surface area contributed by atoms with Crippen LogP contribution in [0.2, 0.25) is 0 Å². The van der Waals surface area contributed by atoms with Gasteiger partial charge in [-0.1, -0.05) is 55.3 Å². The molecule has 0 spiro atoms. The molecule has 1 aliphatic carbocycles. The SMILES string of the molecule is C[C@H]([NH2+]CC(=O)Nc1ccnn1C1CCCC1)c1cccc2ccccc12. The van der Waals surface area contributed by atoms with Gasteiger partial charge in [-0.3, -0.25) is 4.79 Å². The minimum absolute atomic E-state index is 0.0156. The van der Waals surface area contributed by atoms with Crippen LogP contribution in [0, 0.1) is 0 Å². The van der Waals surface area contributed by atoms with Crippen molar-refractivity contribution in [2.75, 3.05) is 11.9 Å². The lowest BCUT2D eigenvalue weighted by atomic mass is 10.00. The largest absolute Gasteiger partial charge is 0.332 e. The Morgan fingerprint density at radius 1 is 1.19 bits per heavy atom. The van der Waals surface area contributed by atoms with Crippen molar-refractivity contribution in [3.05, 3.63) is 60.3 Å². The number of aromatic nitrogens is 2. The lowest BCUT2D eigenvalue weighted by molar-refractivity contribution is -0.682. The van der Waals surface area contributed by atoms with Crippen LogP contribution in [0.15, 0.2) is 54.7 Å². The molecule has 27 heavy (non-hydrogen) atoms. The van der Waals surface area contributed by atoms with Crippen molar-refractivity contribution in [3.8, 4) is 0 Å². The van der Waals surface area contributed by atoms with Gasteiger partial charge in [0.1, 0.15) is 11.9 Å². The minimum atomic E-state index is 0.0156. The number of hydrogen-bond acceptors (Lipinski definition) is 2. The first kappa shape index (κ1) is 17.7. The molecule has 1 aliphatic rings. The van der Waals surface area contributed by atoms with Crippen LogP contribution < -0.4 is 10.6 Å². The van der Waals surface area contributed by atoms with Crippen LogP contribution in [0.1, 0.15) is 50.3 Å². The van der Waals surface area contributed by atoms with Gasteiger partial charge in [-0.2, -0.15) is 5.10 Å². The summed E-state index contributed by atoms with van der Waals surface area (Å²) in [7, 11) is 0. The summed E-state index contributed by atoms with van der Waals surface area (Å²) >= 11 is 0. The second kappa shape index (κ2) is 7.92. The second-order valence-electron chi connectivity index (χ2n) is 7.44. The standard InChI is InChI=1S/C22H26N4O/c1-16(19-12-6-8-17-7-2-5-11-20(17)19)23-15-22(27)25-21-13-14-24-26(21)18-9-3-4-10-18/h2,5-8,11-14,16,18,23H,3-4,9-10,15H2,1H3,(H,25,27)/p+1/t16-/m0/s1. The van der Waals surface area contributed by atoms with E-state index in [0.717, 1.165) is 18.7 Å². The van der Waals surface area contributed by atoms with Crippen LogP contribution in [0.4, 0.5) is 5.82 Å². The van der Waals surface area contributed by atoms with E-state index < -0.39 is 0 Å². The third-order valence-corrected chi connectivity index (χ3v) is 5.58. The monoisotopic (exact) mass is 363 g/mol. The van der Waals surface area contributed by atoms with Crippen molar-refractivity contribution in [1.29, 1.82) is 0 Å². The highest BCUT2D eigenvalue weighted by Crippen LogP contribution is 2.31. The highest BCUT2D eigenvalue weighted by atomic mass is 16.2. The van der Waals surface area contributed by atoms with E-state index in [2.05, 4.69) is 65.1 Å². The molecule has 3 aromatic rings. The topological polar surface area (TPSA) is 63.5 Å². The number of nitrogens with two attached hydrogens (primary N) is 1. The number of benzene rings is 2. The Hall–Kier alpha value is -2.66. The highest BCUT2D eigenvalue weighted by Gasteiger charge is 2.21. The van der Waals surface area contributed by atoms with Crippen molar-refractivity contribution in [3.63, 3.8) is 0 Å². The van der Waals surface area contributed by atoms with E-state index in [1.807, 2.05) is 10.7 Å². The van der Waals surface area contributed by atoms with Crippen LogP contribution >= 0.6 is 0 Å². The van der Waals surface area contributed by atoms with E-state index >= 15 is 0 Å². The van der Waals surface area contributed by atoms with Gasteiger partial charge in [0.25, 0.3) is 5.91 Å². The van der Waals surface area contributed by atoms with E-state index in [4.69, 9.17) is 0 Å². The van der Waals surface area contributed by atoms with Gasteiger partial charge < -0.3 is 10.6 Å². The molecule has 1 heterocycles. The van der Waals surface area contributed by atoms with Gasteiger partial charge in [0.15, 0.2) is 6.54 Å². The van der Waals surface area contributed by atoms with Crippen LogP contribution in [-0.2, 0) is 4.79 Å². The first-order valence-electron chi connectivity index (χ1n) is 9.87. The molecule has 0 aliphatic heterocycles. The first-order valence-corrected chi connectivity index (χ1v) is 9.87. The molecule has 1 saturated carbocycles. The molecule has 2 aromatic carbocycles. The summed E-state index contributed by atoms with van der Waals surface area (Å²) in [5.41, 5.74) is 1.26. The predicted octanol–water partition coefficient (Wildman–Crippen LogP) is 3.41. The van der Waals surface area contributed by atoms with Gasteiger partial charge >= 0.3 is 0 Å². The van der Waals surface area contributed by atoms with Gasteiger partial charge in [0, 0.05) is 11.6 Å². The van der Waals surface area contributed by atoms with Gasteiger partial charge in [-0.15, -0.1) is 0 Å². The minimum Gasteiger partial charge on any atom is -0.332 e. The highest BCUT2D eigenvalue weighted by molar-refractivity contribution is 5.90. The molecule has 4 rings (SSSR count). The Balaban J connectivity index is 1.39. The normalized spacial score (nSPS) is 15.9. The van der Waals surface area contributed by atoms with E-state index in [0.29, 0.717) is 12.6 Å². The fraction of sp³-hybridized carbons (Fsp3) is 0.364. The van der Waals surface area contributed by atoms with E-state index in [1.54, 1.807) is 6.20 Å². The summed E-state index contributed by atoms with van der Waals surface area (Å²) < 4.78 is 1.99. The molecular weight excluding hydrogens is 336 g/mol. The molecule has 1 aromatic heterocycles. The maximum Gasteiger partial charge on any atom is 0.280 e. The fourth-order valence-corrected chi connectivity index (χ4v) is 4.11. The lowest BCUT2D eigenvalue weighted by Gasteiger charge is -2.16. The molecule has 3 N–H and O–H groups in total. The van der Waals surface area contributed by atoms with Crippen molar-refractivity contribution < 1.29 is 10.1 Å². The summed E-state index contributed by atoms with van der Waals surface area (Å²) in [6.07, 6.45) is 6.56. The maximum absolute atomic E-state index is 12.5. The van der Waals surface area contributed by atoms with Gasteiger partial charge in [0.2, 0.25) is 0 Å². The van der Waals surface area contributed by atoms with Crippen molar-refractivity contribution >= 4 is 22.5 Å². The molecule has 140 valence electrons. The summed E-state index contributed by atoms with van der Waals surface area (Å²) in [6, 6.07) is 17.3. The number of rotatable bonds is 6. The predicted molar refractivity (Wildman–Crippen MR) is 108 cm³/mol. The first-order chi connectivity index (χ1) is 13.2. The smallest absolute Gasteiger partial charge is 0.280 e. The number of carbonyl (C=O) groups excluding carboxylic acids is 1. The molecule has 1 fully saturated rings. The molecule has 0 saturated heterocycles. The second-order valence-corrected chi connectivity index (χ2v) is 7.44. The van der Waals surface area contributed by atoms with Crippen molar-refractivity contribution in [2.45, 2.75) is 44.7 Å². The zero-order valence-corrected chi connectivity index (χ0v) is 15.8. The number of nitrogens with zero attached hydrogens (tertiary/aromatic N) is 2. The van der Waals surface area contributed by atoms with E-state index in [1.165, 1.54) is 29.2 Å². The average molecular weight is 363 g/mol. The summed E-state index contributed by atoms with van der Waals surface area (Å²) in [6.45, 7) is 2.54. The molecule has 1 amide bonds. The number of carbonyl (C=O) groups is 1. The third kappa shape index (κ3) is 3.88. The van der Waals surface area contributed by atoms with Crippen LogP contribution in [0.3, 0.4) is 0 Å². The molecular formula is C22H27N4O+. The Labute approximate surface area is 159 Å². The summed E-state index contributed by atoms with van der Waals surface area (Å²) in [4.78, 5) is 12.5. The molecule has 1 atom stereocenters. The number of amides is 1. The van der Waals surface area contributed by atoms with E-state index in [9.17, 15) is 4.79 Å². The zero-order valence-electron chi connectivity index (χ0n) is 15.8. The number of nitrogens with one attached hydrogen (secondary N) is 1. The molecule has 5 nitrogen and oxygen atoms in total. The van der Waals surface area contributed by atoms with Crippen molar-refractivity contribution in [2.24, 2.45) is 0 Å². The fourth-order valence-electron chi connectivity index (χ4n) is 4.11. The quantitative estimate of drug-likeness (QED) is 0.705. The van der Waals surface area contributed by atoms with Crippen LogP contribution in [0.25, 0.3) is 10.8 Å². The third-order valence-electron chi connectivity index (χ3n) is 5.58. The molecule has 0 radical (unpaired) electrons. The van der Waals surface area contributed by atoms with Crippen molar-refractivity contribution in [1.82, 2.24) is 9.78 Å². The lowest BCUT2D eigenvalue weighted by Crippen LogP contribution is -2.86. The van der Waals surface area contributed by atoms with Gasteiger partial charge in [-0.25, -0.2) is 4.68 Å².